The van der Waals surface area contributed by atoms with E-state index >= 15 is 0 Å². The van der Waals surface area contributed by atoms with E-state index in [1.807, 2.05) is 0 Å². The zero-order chi connectivity index (χ0) is 22.2. The molecule has 0 fully saturated rings. The maximum Gasteiger partial charge on any atom is 0.229 e. The molecule has 0 bridgehead atoms. The number of rotatable bonds is 5. The van der Waals surface area contributed by atoms with E-state index in [1.54, 1.807) is 36.4 Å². The Morgan fingerprint density at radius 2 is 1.39 bits per heavy atom. The highest BCUT2D eigenvalue weighted by atomic mass is 35.5. The van der Waals surface area contributed by atoms with Crippen LogP contribution in [0.2, 0.25) is 5.02 Å². The van der Waals surface area contributed by atoms with Gasteiger partial charge < -0.3 is 5.11 Å². The van der Waals surface area contributed by atoms with Gasteiger partial charge in [-0.15, -0.1) is 0 Å². The maximum absolute atomic E-state index is 13.3. The van der Waals surface area contributed by atoms with Crippen LogP contribution in [0.5, 0.6) is 5.75 Å². The average molecular weight is 474 g/mol. The van der Waals surface area contributed by atoms with Gasteiger partial charge in [-0.3, -0.25) is 0 Å². The molecule has 4 aromatic carbocycles. The molecule has 0 heterocycles. The Morgan fingerprint density at radius 3 is 2.00 bits per heavy atom. The second kappa shape index (κ2) is 8.22. The minimum atomic E-state index is -4.13. The van der Waals surface area contributed by atoms with Gasteiger partial charge in [0.15, 0.2) is 0 Å². The van der Waals surface area contributed by atoms with Gasteiger partial charge in [-0.25, -0.2) is 21.1 Å². The normalized spacial score (nSPS) is 11.7. The van der Waals surface area contributed by atoms with Gasteiger partial charge in [0.2, 0.25) is 20.7 Å². The smallest absolute Gasteiger partial charge is 0.229 e. The van der Waals surface area contributed by atoms with E-state index in [-0.39, 0.29) is 26.6 Å². The summed E-state index contributed by atoms with van der Waals surface area (Å²) in [4.78, 5) is -0.403. The van der Waals surface area contributed by atoms with Crippen molar-refractivity contribution in [2.45, 2.75) is 9.79 Å². The molecule has 31 heavy (non-hydrogen) atoms. The molecule has 0 radical (unpaired) electrons. The molecule has 4 rings (SSSR count). The molecule has 1 N–H and O–H groups in total. The minimum absolute atomic E-state index is 0.0175. The van der Waals surface area contributed by atoms with Crippen LogP contribution < -0.4 is 4.31 Å². The third-order valence-electron chi connectivity index (χ3n) is 4.77. The van der Waals surface area contributed by atoms with Gasteiger partial charge in [-0.05, 0) is 42.5 Å². The van der Waals surface area contributed by atoms with E-state index in [4.69, 9.17) is 11.6 Å². The Labute approximate surface area is 186 Å². The fraction of sp³-hybridized carbons (Fsp3) is 0. The second-order valence-corrected chi connectivity index (χ2v) is 9.86. The number of anilines is 2. The SMILES string of the molecule is O=[SH](=O)N(c1ccc(Cl)cc1)c1cc(S(=O)(=O)c2ccccc2)c(O)c2ccccc12. The van der Waals surface area contributed by atoms with E-state index in [9.17, 15) is 21.9 Å². The molecule has 0 atom stereocenters. The van der Waals surface area contributed by atoms with Crippen LogP contribution >= 0.6 is 11.6 Å². The summed E-state index contributed by atoms with van der Waals surface area (Å²) in [6.07, 6.45) is 0. The number of benzene rings is 4. The molecular formula is C22H16ClNO5S2. The first-order valence-corrected chi connectivity index (χ1v) is 12.0. The summed E-state index contributed by atoms with van der Waals surface area (Å²) in [5.41, 5.74) is 0.376. The molecule has 158 valence electrons. The summed E-state index contributed by atoms with van der Waals surface area (Å²) in [5.74, 6) is -0.444. The lowest BCUT2D eigenvalue weighted by Gasteiger charge is -2.22. The van der Waals surface area contributed by atoms with Gasteiger partial charge in [-0.2, -0.15) is 0 Å². The zero-order valence-corrected chi connectivity index (χ0v) is 18.3. The Balaban J connectivity index is 2.06. The van der Waals surface area contributed by atoms with Gasteiger partial charge in [0, 0.05) is 15.8 Å². The Morgan fingerprint density at radius 1 is 0.806 bits per heavy atom. The van der Waals surface area contributed by atoms with Crippen molar-refractivity contribution in [3.63, 3.8) is 0 Å². The van der Waals surface area contributed by atoms with Crippen LogP contribution in [0.1, 0.15) is 0 Å². The lowest BCUT2D eigenvalue weighted by atomic mass is 10.1. The number of sulfone groups is 1. The summed E-state index contributed by atoms with van der Waals surface area (Å²) in [6.45, 7) is 0. The highest BCUT2D eigenvalue weighted by Crippen LogP contribution is 2.42. The van der Waals surface area contributed by atoms with E-state index in [0.29, 0.717) is 10.4 Å². The topological polar surface area (TPSA) is 91.8 Å². The van der Waals surface area contributed by atoms with E-state index in [2.05, 4.69) is 0 Å². The summed E-state index contributed by atoms with van der Waals surface area (Å²) >= 11 is 5.93. The Kier molecular flexibility index (Phi) is 5.62. The van der Waals surface area contributed by atoms with Crippen LogP contribution in [-0.2, 0) is 20.7 Å². The molecule has 6 nitrogen and oxygen atoms in total. The molecule has 0 spiro atoms. The second-order valence-electron chi connectivity index (χ2n) is 6.63. The van der Waals surface area contributed by atoms with Crippen LogP contribution in [0, 0.1) is 0 Å². The largest absolute Gasteiger partial charge is 0.506 e. The van der Waals surface area contributed by atoms with Crippen molar-refractivity contribution in [1.82, 2.24) is 0 Å². The van der Waals surface area contributed by atoms with Crippen LogP contribution in [0.25, 0.3) is 10.8 Å². The van der Waals surface area contributed by atoms with Crippen molar-refractivity contribution >= 4 is 54.5 Å². The monoisotopic (exact) mass is 473 g/mol. The molecule has 0 aromatic heterocycles. The van der Waals surface area contributed by atoms with Crippen LogP contribution in [0.3, 0.4) is 0 Å². The first-order valence-electron chi connectivity index (χ1n) is 9.05. The van der Waals surface area contributed by atoms with Gasteiger partial charge in [0.05, 0.1) is 16.3 Å². The number of phenols is 1. The van der Waals surface area contributed by atoms with Gasteiger partial charge >= 0.3 is 0 Å². The third-order valence-corrected chi connectivity index (χ3v) is 7.57. The highest BCUT2D eigenvalue weighted by molar-refractivity contribution is 7.91. The van der Waals surface area contributed by atoms with E-state index in [1.165, 1.54) is 48.5 Å². The zero-order valence-electron chi connectivity index (χ0n) is 15.8. The lowest BCUT2D eigenvalue weighted by Crippen LogP contribution is -2.16. The molecule has 0 saturated heterocycles. The number of thiol groups is 1. The van der Waals surface area contributed by atoms with Crippen LogP contribution in [0.15, 0.2) is 94.7 Å². The molecule has 0 aliphatic rings. The third kappa shape index (κ3) is 3.85. The highest BCUT2D eigenvalue weighted by Gasteiger charge is 2.27. The first kappa shape index (κ1) is 21.2. The quantitative estimate of drug-likeness (QED) is 0.410. The number of hydrogen-bond acceptors (Lipinski definition) is 5. The van der Waals surface area contributed by atoms with Crippen LogP contribution in [0.4, 0.5) is 11.4 Å². The van der Waals surface area contributed by atoms with Crippen molar-refractivity contribution in [3.05, 3.63) is 90.0 Å². The molecule has 4 aromatic rings. The molecule has 0 aliphatic heterocycles. The van der Waals surface area contributed by atoms with Crippen molar-refractivity contribution in [2.24, 2.45) is 0 Å². The van der Waals surface area contributed by atoms with E-state index < -0.39 is 26.5 Å². The van der Waals surface area contributed by atoms with Crippen LogP contribution in [-0.4, -0.2) is 21.9 Å². The molecule has 9 heteroatoms. The van der Waals surface area contributed by atoms with Crippen molar-refractivity contribution in [1.29, 1.82) is 0 Å². The van der Waals surface area contributed by atoms with Gasteiger partial charge in [0.25, 0.3) is 0 Å². The predicted molar refractivity (Wildman–Crippen MR) is 121 cm³/mol. The van der Waals surface area contributed by atoms with Crippen molar-refractivity contribution < 1.29 is 21.9 Å². The molecule has 0 aliphatic carbocycles. The summed E-state index contributed by atoms with van der Waals surface area (Å²) < 4.78 is 52.1. The molecular weight excluding hydrogens is 458 g/mol. The number of hydrogen-bond donors (Lipinski definition) is 2. The number of fused-ring (bicyclic) bond motifs is 1. The summed E-state index contributed by atoms with van der Waals surface area (Å²) in [6, 6.07) is 21.4. The first-order chi connectivity index (χ1) is 14.8. The Bertz CT molecular complexity index is 1440. The maximum atomic E-state index is 13.3. The molecule has 0 amide bonds. The fourth-order valence-corrected chi connectivity index (χ4v) is 5.52. The number of nitrogens with zero attached hydrogens (tertiary/aromatic N) is 1. The van der Waals surface area contributed by atoms with E-state index in [0.717, 1.165) is 4.31 Å². The van der Waals surface area contributed by atoms with Crippen molar-refractivity contribution in [2.75, 3.05) is 4.31 Å². The Hall–Kier alpha value is -3.07. The fourth-order valence-electron chi connectivity index (χ4n) is 3.33. The molecule has 0 saturated carbocycles. The predicted octanol–water partition coefficient (Wildman–Crippen LogP) is 4.70. The minimum Gasteiger partial charge on any atom is -0.506 e. The number of halogens is 1. The number of phenolic OH excluding ortho intramolecular Hbond substituents is 1. The summed E-state index contributed by atoms with van der Waals surface area (Å²) in [5, 5.41) is 11.8. The van der Waals surface area contributed by atoms with Crippen molar-refractivity contribution in [3.8, 4) is 5.75 Å². The number of aromatic hydroxyl groups is 1. The lowest BCUT2D eigenvalue weighted by molar-refractivity contribution is 0.465. The van der Waals surface area contributed by atoms with Gasteiger partial charge in [-0.1, -0.05) is 54.1 Å². The standard InChI is InChI=1S/C22H16ClNO5S2/c23-15-10-12-16(13-11-15)24(30(26)27)20-14-21(22(25)19-9-5-4-8-18(19)20)31(28,29)17-6-2-1-3-7-17/h1-14,25,30H. The average Bonchev–Trinajstić information content (AvgIpc) is 2.77. The van der Waals surface area contributed by atoms with Gasteiger partial charge in [0.1, 0.15) is 10.6 Å². The summed E-state index contributed by atoms with van der Waals surface area (Å²) in [7, 11) is -7.32. The molecule has 0 unspecified atom stereocenters.